The first-order chi connectivity index (χ1) is 7.81. The first kappa shape index (κ1) is 9.81. The highest BCUT2D eigenvalue weighted by Gasteiger charge is 2.19. The zero-order chi connectivity index (χ0) is 11.0. The highest BCUT2D eigenvalue weighted by molar-refractivity contribution is 7.07. The van der Waals surface area contributed by atoms with Crippen molar-refractivity contribution in [3.05, 3.63) is 45.9 Å². The molecule has 2 heterocycles. The molecular formula is C12H13N3S. The summed E-state index contributed by atoms with van der Waals surface area (Å²) in [5.74, 6) is 0. The van der Waals surface area contributed by atoms with Crippen molar-refractivity contribution in [2.24, 2.45) is 0 Å². The molecule has 0 saturated carbocycles. The van der Waals surface area contributed by atoms with Gasteiger partial charge in [0.1, 0.15) is 0 Å². The van der Waals surface area contributed by atoms with Crippen molar-refractivity contribution >= 4 is 17.0 Å². The van der Waals surface area contributed by atoms with Crippen LogP contribution in [0.4, 0.5) is 5.69 Å². The van der Waals surface area contributed by atoms with Gasteiger partial charge in [0, 0.05) is 30.7 Å². The fraction of sp³-hybridized carbons (Fsp3) is 0.250. The van der Waals surface area contributed by atoms with Crippen molar-refractivity contribution in [3.63, 3.8) is 0 Å². The van der Waals surface area contributed by atoms with E-state index in [0.717, 1.165) is 31.0 Å². The minimum atomic E-state index is 0.856. The number of benzene rings is 1. The third kappa shape index (κ3) is 1.81. The average molecular weight is 231 g/mol. The summed E-state index contributed by atoms with van der Waals surface area (Å²) in [6, 6.07) is 6.19. The molecule has 0 unspecified atom stereocenters. The lowest BCUT2D eigenvalue weighted by atomic mass is 10.1. The van der Waals surface area contributed by atoms with Gasteiger partial charge in [-0.1, -0.05) is 6.07 Å². The number of nitrogens with two attached hydrogens (primary N) is 1. The van der Waals surface area contributed by atoms with Crippen LogP contribution >= 0.6 is 11.3 Å². The molecule has 2 N–H and O–H groups in total. The highest BCUT2D eigenvalue weighted by Crippen LogP contribution is 2.25. The molecule has 1 aliphatic rings. The SMILES string of the molecule is Nc1ccc2c(c1)CN(Cc1cscn1)C2. The minimum Gasteiger partial charge on any atom is -0.399 e. The molecule has 1 aromatic carbocycles. The van der Waals surface area contributed by atoms with Gasteiger partial charge >= 0.3 is 0 Å². The second-order valence-corrected chi connectivity index (χ2v) is 4.87. The summed E-state index contributed by atoms with van der Waals surface area (Å²) in [6.07, 6.45) is 0. The Labute approximate surface area is 98.5 Å². The maximum Gasteiger partial charge on any atom is 0.0795 e. The van der Waals surface area contributed by atoms with Gasteiger partial charge in [-0.25, -0.2) is 4.98 Å². The van der Waals surface area contributed by atoms with E-state index < -0.39 is 0 Å². The van der Waals surface area contributed by atoms with E-state index in [2.05, 4.69) is 27.4 Å². The van der Waals surface area contributed by atoms with Crippen LogP contribution in [0.1, 0.15) is 16.8 Å². The van der Waals surface area contributed by atoms with Crippen molar-refractivity contribution in [2.45, 2.75) is 19.6 Å². The second kappa shape index (κ2) is 3.88. The van der Waals surface area contributed by atoms with E-state index in [-0.39, 0.29) is 0 Å². The number of hydrogen-bond acceptors (Lipinski definition) is 4. The standard InChI is InChI=1S/C12H13N3S/c13-11-2-1-9-4-15(5-10(9)3-11)6-12-7-16-8-14-12/h1-3,7-8H,4-6,13H2. The number of aromatic nitrogens is 1. The number of nitrogens with zero attached hydrogens (tertiary/aromatic N) is 2. The van der Waals surface area contributed by atoms with Crippen LogP contribution in [0.5, 0.6) is 0 Å². The molecule has 4 heteroatoms. The summed E-state index contributed by atoms with van der Waals surface area (Å²) < 4.78 is 0. The predicted molar refractivity (Wildman–Crippen MR) is 65.9 cm³/mol. The van der Waals surface area contributed by atoms with E-state index in [0.29, 0.717) is 0 Å². The van der Waals surface area contributed by atoms with Crippen LogP contribution in [0.15, 0.2) is 29.1 Å². The van der Waals surface area contributed by atoms with Gasteiger partial charge in [0.15, 0.2) is 0 Å². The third-order valence-electron chi connectivity index (χ3n) is 2.89. The molecule has 0 fully saturated rings. The van der Waals surface area contributed by atoms with E-state index in [9.17, 15) is 0 Å². The summed E-state index contributed by atoms with van der Waals surface area (Å²) in [7, 11) is 0. The molecule has 1 aliphatic heterocycles. The molecule has 16 heavy (non-hydrogen) atoms. The maximum atomic E-state index is 5.78. The van der Waals surface area contributed by atoms with Crippen LogP contribution in [0.2, 0.25) is 0 Å². The molecule has 0 atom stereocenters. The van der Waals surface area contributed by atoms with Gasteiger partial charge in [-0.05, 0) is 23.3 Å². The van der Waals surface area contributed by atoms with Crippen LogP contribution in [-0.2, 0) is 19.6 Å². The number of rotatable bonds is 2. The quantitative estimate of drug-likeness (QED) is 0.806. The van der Waals surface area contributed by atoms with E-state index in [1.165, 1.54) is 11.1 Å². The molecule has 0 amide bonds. The monoisotopic (exact) mass is 231 g/mol. The number of hydrogen-bond donors (Lipinski definition) is 1. The van der Waals surface area contributed by atoms with Crippen molar-refractivity contribution in [1.29, 1.82) is 0 Å². The van der Waals surface area contributed by atoms with Crippen LogP contribution in [0.25, 0.3) is 0 Å². The third-order valence-corrected chi connectivity index (χ3v) is 3.52. The zero-order valence-electron chi connectivity index (χ0n) is 8.89. The number of thiazole rings is 1. The molecule has 0 aliphatic carbocycles. The first-order valence-corrected chi connectivity index (χ1v) is 6.22. The van der Waals surface area contributed by atoms with E-state index in [1.807, 2.05) is 11.6 Å². The van der Waals surface area contributed by atoms with Gasteiger partial charge in [0.05, 0.1) is 11.2 Å². The van der Waals surface area contributed by atoms with Crippen LogP contribution in [-0.4, -0.2) is 9.88 Å². The Morgan fingerprint density at radius 1 is 1.31 bits per heavy atom. The predicted octanol–water partition coefficient (Wildman–Crippen LogP) is 2.24. The van der Waals surface area contributed by atoms with Crippen LogP contribution in [0.3, 0.4) is 0 Å². The molecule has 0 spiro atoms. The van der Waals surface area contributed by atoms with Gasteiger partial charge in [-0.3, -0.25) is 4.90 Å². The smallest absolute Gasteiger partial charge is 0.0795 e. The molecule has 3 rings (SSSR count). The minimum absolute atomic E-state index is 0.856. The first-order valence-electron chi connectivity index (χ1n) is 5.28. The van der Waals surface area contributed by atoms with Crippen molar-refractivity contribution < 1.29 is 0 Å². The summed E-state index contributed by atoms with van der Waals surface area (Å²) in [5, 5.41) is 2.11. The summed E-state index contributed by atoms with van der Waals surface area (Å²) in [5.41, 5.74) is 12.4. The lowest BCUT2D eigenvalue weighted by molar-refractivity contribution is 0.272. The Balaban J connectivity index is 1.75. The number of fused-ring (bicyclic) bond motifs is 1. The van der Waals surface area contributed by atoms with Gasteiger partial charge < -0.3 is 5.73 Å². The highest BCUT2D eigenvalue weighted by atomic mass is 32.1. The lowest BCUT2D eigenvalue weighted by Gasteiger charge is -2.12. The van der Waals surface area contributed by atoms with Crippen LogP contribution in [0, 0.1) is 0 Å². The molecule has 82 valence electrons. The average Bonchev–Trinajstić information content (AvgIpc) is 2.86. The van der Waals surface area contributed by atoms with Gasteiger partial charge in [-0.15, -0.1) is 11.3 Å². The summed E-state index contributed by atoms with van der Waals surface area (Å²) in [4.78, 5) is 6.70. The van der Waals surface area contributed by atoms with Crippen molar-refractivity contribution in [3.8, 4) is 0 Å². The Bertz CT molecular complexity index is 493. The Morgan fingerprint density at radius 2 is 2.19 bits per heavy atom. The Kier molecular flexibility index (Phi) is 2.38. The van der Waals surface area contributed by atoms with E-state index in [4.69, 9.17) is 5.73 Å². The molecule has 2 aromatic rings. The van der Waals surface area contributed by atoms with Gasteiger partial charge in [0.2, 0.25) is 0 Å². The Morgan fingerprint density at radius 3 is 3.00 bits per heavy atom. The van der Waals surface area contributed by atoms with E-state index >= 15 is 0 Å². The number of nitrogen functional groups attached to an aromatic ring is 1. The van der Waals surface area contributed by atoms with E-state index in [1.54, 1.807) is 11.3 Å². The second-order valence-electron chi connectivity index (χ2n) is 4.15. The van der Waals surface area contributed by atoms with Crippen molar-refractivity contribution in [1.82, 2.24) is 9.88 Å². The summed E-state index contributed by atoms with van der Waals surface area (Å²) >= 11 is 1.65. The molecule has 3 nitrogen and oxygen atoms in total. The topological polar surface area (TPSA) is 42.1 Å². The van der Waals surface area contributed by atoms with Crippen LogP contribution < -0.4 is 5.73 Å². The van der Waals surface area contributed by atoms with Gasteiger partial charge in [-0.2, -0.15) is 0 Å². The maximum absolute atomic E-state index is 5.78. The zero-order valence-corrected chi connectivity index (χ0v) is 9.70. The Hall–Kier alpha value is -1.39. The molecular weight excluding hydrogens is 218 g/mol. The summed E-state index contributed by atoms with van der Waals surface area (Å²) in [6.45, 7) is 2.92. The normalized spacial score (nSPS) is 15.2. The van der Waals surface area contributed by atoms with Gasteiger partial charge in [0.25, 0.3) is 0 Å². The molecule has 0 radical (unpaired) electrons. The van der Waals surface area contributed by atoms with Crippen molar-refractivity contribution in [2.75, 3.05) is 5.73 Å². The lowest BCUT2D eigenvalue weighted by Crippen LogP contribution is -2.15. The number of anilines is 1. The fourth-order valence-electron chi connectivity index (χ4n) is 2.14. The largest absolute Gasteiger partial charge is 0.399 e. The molecule has 1 aromatic heterocycles. The fourth-order valence-corrected chi connectivity index (χ4v) is 2.69. The molecule has 0 bridgehead atoms. The molecule has 0 saturated heterocycles.